The molecule has 26 heavy (non-hydrogen) atoms. The van der Waals surface area contributed by atoms with Crippen LogP contribution in [0, 0.1) is 5.92 Å². The molecule has 2 aliphatic rings. The van der Waals surface area contributed by atoms with Gasteiger partial charge in [-0.15, -0.1) is 0 Å². The number of nitrogens with one attached hydrogen (secondary N) is 1. The number of hydrogen-bond donors (Lipinski definition) is 1. The van der Waals surface area contributed by atoms with Crippen molar-refractivity contribution in [3.63, 3.8) is 0 Å². The highest BCUT2D eigenvalue weighted by Gasteiger charge is 2.46. The Morgan fingerprint density at radius 2 is 2.04 bits per heavy atom. The lowest BCUT2D eigenvalue weighted by molar-refractivity contribution is -0.155. The van der Waals surface area contributed by atoms with Crippen molar-refractivity contribution in [3.05, 3.63) is 35.9 Å². The van der Waals surface area contributed by atoms with Gasteiger partial charge in [0.05, 0.1) is 11.6 Å². The van der Waals surface area contributed by atoms with Crippen LogP contribution >= 0.6 is 0 Å². The minimum Gasteiger partial charge on any atom is -0.379 e. The number of carbonyl (C=O) groups is 2. The Labute approximate surface area is 154 Å². The van der Waals surface area contributed by atoms with Gasteiger partial charge in [0.1, 0.15) is 0 Å². The third-order valence-electron chi connectivity index (χ3n) is 4.93. The summed E-state index contributed by atoms with van der Waals surface area (Å²) in [6.07, 6.45) is 2.07. The first-order valence-electron chi connectivity index (χ1n) is 9.29. The van der Waals surface area contributed by atoms with Gasteiger partial charge in [0.15, 0.2) is 0 Å². The first-order valence-corrected chi connectivity index (χ1v) is 9.29. The molecule has 1 aromatic rings. The van der Waals surface area contributed by atoms with Crippen LogP contribution in [0.25, 0.3) is 0 Å². The lowest BCUT2D eigenvalue weighted by Gasteiger charge is -2.36. The van der Waals surface area contributed by atoms with Crippen LogP contribution in [0.3, 0.4) is 0 Å². The summed E-state index contributed by atoms with van der Waals surface area (Å²) in [5, 5.41) is 7.11. The first-order chi connectivity index (χ1) is 12.4. The maximum Gasteiger partial charge on any atom is 0.269 e. The number of hydrogen-bond acceptors (Lipinski definition) is 4. The van der Waals surface area contributed by atoms with E-state index in [1.165, 1.54) is 0 Å². The summed E-state index contributed by atoms with van der Waals surface area (Å²) in [5.74, 6) is -0.222. The molecule has 2 heterocycles. The quantitative estimate of drug-likeness (QED) is 0.899. The largest absolute Gasteiger partial charge is 0.379 e. The van der Waals surface area contributed by atoms with E-state index in [0.29, 0.717) is 19.5 Å². The van der Waals surface area contributed by atoms with Crippen LogP contribution in [-0.2, 0) is 14.4 Å². The number of piperidine rings is 1. The van der Waals surface area contributed by atoms with E-state index in [-0.39, 0.29) is 23.8 Å². The van der Waals surface area contributed by atoms with Gasteiger partial charge in [-0.25, -0.2) is 0 Å². The zero-order valence-electron chi connectivity index (χ0n) is 15.7. The van der Waals surface area contributed by atoms with Crippen molar-refractivity contribution in [1.82, 2.24) is 10.2 Å². The van der Waals surface area contributed by atoms with E-state index in [2.05, 4.69) is 10.5 Å². The smallest absolute Gasteiger partial charge is 0.269 e. The fraction of sp³-hybridized carbons (Fsp3) is 0.550. The predicted molar refractivity (Wildman–Crippen MR) is 99.7 cm³/mol. The lowest BCUT2D eigenvalue weighted by Crippen LogP contribution is -2.53. The second-order valence-electron chi connectivity index (χ2n) is 7.66. The molecule has 1 saturated heterocycles. The third-order valence-corrected chi connectivity index (χ3v) is 4.93. The Kier molecular flexibility index (Phi) is 5.30. The topological polar surface area (TPSA) is 71.0 Å². The summed E-state index contributed by atoms with van der Waals surface area (Å²) >= 11 is 0. The highest BCUT2D eigenvalue weighted by molar-refractivity contribution is 6.05. The Balaban J connectivity index is 1.64. The molecule has 6 nitrogen and oxygen atoms in total. The molecular weight excluding hydrogens is 330 g/mol. The van der Waals surface area contributed by atoms with Gasteiger partial charge < -0.3 is 15.1 Å². The van der Waals surface area contributed by atoms with Gasteiger partial charge in [0.2, 0.25) is 11.5 Å². The van der Waals surface area contributed by atoms with Crippen molar-refractivity contribution in [2.24, 2.45) is 11.1 Å². The van der Waals surface area contributed by atoms with Crippen molar-refractivity contribution in [2.45, 2.75) is 51.7 Å². The van der Waals surface area contributed by atoms with Crippen molar-refractivity contribution >= 4 is 17.5 Å². The van der Waals surface area contributed by atoms with Crippen molar-refractivity contribution in [1.29, 1.82) is 0 Å². The molecular formula is C20H27N3O3. The number of nitrogens with zero attached hydrogens (tertiary/aromatic N) is 2. The standard InChI is InChI=1S/C20H27N3O3/c1-14(2)21-18(24)16-10-7-11-23(13-16)19(25)20(3)12-17(22-26-20)15-8-5-4-6-9-15/h4-6,8-9,14,16H,7,10-13H2,1-3H3,(H,21,24)/t16-,20-/m0/s1. The Morgan fingerprint density at radius 3 is 2.73 bits per heavy atom. The molecule has 1 N–H and O–H groups in total. The van der Waals surface area contributed by atoms with E-state index in [9.17, 15) is 9.59 Å². The number of amides is 2. The van der Waals surface area contributed by atoms with Crippen molar-refractivity contribution in [2.75, 3.05) is 13.1 Å². The SMILES string of the molecule is CC(C)NC(=O)[C@H]1CCCN(C(=O)[C@]2(C)CC(c3ccccc3)=NO2)C1. The van der Waals surface area contributed by atoms with Gasteiger partial charge in [-0.3, -0.25) is 9.59 Å². The molecule has 2 amide bonds. The zero-order chi connectivity index (χ0) is 18.7. The van der Waals surface area contributed by atoms with Crippen LogP contribution in [0.15, 0.2) is 35.5 Å². The fourth-order valence-corrected chi connectivity index (χ4v) is 3.55. The van der Waals surface area contributed by atoms with Crippen LogP contribution in [0.4, 0.5) is 0 Å². The maximum absolute atomic E-state index is 13.1. The second kappa shape index (κ2) is 7.48. The molecule has 0 unspecified atom stereocenters. The van der Waals surface area contributed by atoms with Crippen LogP contribution in [0.1, 0.15) is 45.6 Å². The summed E-state index contributed by atoms with van der Waals surface area (Å²) in [6.45, 7) is 6.77. The van der Waals surface area contributed by atoms with Gasteiger partial charge in [0.25, 0.3) is 5.91 Å². The number of oxime groups is 1. The van der Waals surface area contributed by atoms with Gasteiger partial charge >= 0.3 is 0 Å². The van der Waals surface area contributed by atoms with Crippen LogP contribution < -0.4 is 5.32 Å². The molecule has 0 aromatic heterocycles. The summed E-state index contributed by atoms with van der Waals surface area (Å²) in [5.41, 5.74) is 0.756. The van der Waals surface area contributed by atoms with Crippen molar-refractivity contribution < 1.29 is 14.4 Å². The monoisotopic (exact) mass is 357 g/mol. The molecule has 6 heteroatoms. The van der Waals surface area contributed by atoms with E-state index in [4.69, 9.17) is 4.84 Å². The molecule has 0 spiro atoms. The number of carbonyl (C=O) groups excluding carboxylic acids is 2. The summed E-state index contributed by atoms with van der Waals surface area (Å²) < 4.78 is 0. The normalized spacial score (nSPS) is 25.6. The predicted octanol–water partition coefficient (Wildman–Crippen LogP) is 2.33. The van der Waals surface area contributed by atoms with E-state index < -0.39 is 5.60 Å². The number of rotatable bonds is 4. The van der Waals surface area contributed by atoms with Crippen LogP contribution in [-0.4, -0.2) is 47.2 Å². The molecule has 2 atom stereocenters. The second-order valence-corrected chi connectivity index (χ2v) is 7.66. The Bertz CT molecular complexity index is 702. The molecule has 0 radical (unpaired) electrons. The third kappa shape index (κ3) is 3.89. The molecule has 140 valence electrons. The van der Waals surface area contributed by atoms with E-state index >= 15 is 0 Å². The van der Waals surface area contributed by atoms with Crippen LogP contribution in [0.5, 0.6) is 0 Å². The molecule has 1 aromatic carbocycles. The molecule has 0 bridgehead atoms. The minimum absolute atomic E-state index is 0.0243. The average molecular weight is 357 g/mol. The first kappa shape index (κ1) is 18.4. The van der Waals surface area contributed by atoms with E-state index in [1.807, 2.05) is 44.2 Å². The zero-order valence-corrected chi connectivity index (χ0v) is 15.7. The maximum atomic E-state index is 13.1. The van der Waals surface area contributed by atoms with E-state index in [0.717, 1.165) is 24.1 Å². The Hall–Kier alpha value is -2.37. The Morgan fingerprint density at radius 1 is 1.31 bits per heavy atom. The lowest BCUT2D eigenvalue weighted by atomic mass is 9.91. The van der Waals surface area contributed by atoms with E-state index in [1.54, 1.807) is 11.8 Å². The summed E-state index contributed by atoms with van der Waals surface area (Å²) in [7, 11) is 0. The van der Waals surface area contributed by atoms with Gasteiger partial charge in [-0.2, -0.15) is 0 Å². The minimum atomic E-state index is -0.998. The highest BCUT2D eigenvalue weighted by atomic mass is 16.7. The summed E-state index contributed by atoms with van der Waals surface area (Å²) in [6, 6.07) is 9.86. The number of benzene rings is 1. The molecule has 2 aliphatic heterocycles. The molecule has 0 aliphatic carbocycles. The van der Waals surface area contributed by atoms with Crippen molar-refractivity contribution in [3.8, 4) is 0 Å². The molecule has 1 fully saturated rings. The molecule has 0 saturated carbocycles. The van der Waals surface area contributed by atoms with Gasteiger partial charge in [-0.1, -0.05) is 35.5 Å². The number of likely N-dealkylation sites (tertiary alicyclic amines) is 1. The average Bonchev–Trinajstić information content (AvgIpc) is 3.05. The van der Waals surface area contributed by atoms with Gasteiger partial charge in [0, 0.05) is 25.6 Å². The van der Waals surface area contributed by atoms with Gasteiger partial charge in [-0.05, 0) is 39.2 Å². The highest BCUT2D eigenvalue weighted by Crippen LogP contribution is 2.30. The fourth-order valence-electron chi connectivity index (χ4n) is 3.55. The van der Waals surface area contributed by atoms with Crippen LogP contribution in [0.2, 0.25) is 0 Å². The summed E-state index contributed by atoms with van der Waals surface area (Å²) in [4.78, 5) is 32.7. The molecule has 3 rings (SSSR count).